The van der Waals surface area contributed by atoms with Crippen LogP contribution in [-0.4, -0.2) is 39.5 Å². The van der Waals surface area contributed by atoms with Gasteiger partial charge in [0.1, 0.15) is 6.54 Å². The van der Waals surface area contributed by atoms with E-state index in [1.54, 1.807) is 10.9 Å². The van der Waals surface area contributed by atoms with Crippen LogP contribution in [0.4, 0.5) is 0 Å². The zero-order valence-corrected chi connectivity index (χ0v) is 11.2. The summed E-state index contributed by atoms with van der Waals surface area (Å²) in [6.07, 6.45) is 9.29. The second-order valence-electron chi connectivity index (χ2n) is 4.94. The van der Waals surface area contributed by atoms with Crippen molar-refractivity contribution in [3.05, 3.63) is 36.9 Å². The summed E-state index contributed by atoms with van der Waals surface area (Å²) in [6.45, 7) is 1.70. The standard InChI is InChI=1S/C14H18N4O2/c19-14(16-12-3-7-20-8-4-12)11-18-10-13(9-15-18)17-5-1-2-6-17/h1-2,5-6,9-10,12H,3-4,7-8,11H2,(H,16,19). The lowest BCUT2D eigenvalue weighted by molar-refractivity contribution is -0.123. The van der Waals surface area contributed by atoms with E-state index in [1.165, 1.54) is 0 Å². The molecule has 2 aromatic heterocycles. The molecule has 6 heteroatoms. The molecule has 106 valence electrons. The fraction of sp³-hybridized carbons (Fsp3) is 0.429. The lowest BCUT2D eigenvalue weighted by Crippen LogP contribution is -2.40. The normalized spacial score (nSPS) is 16.2. The Bertz CT molecular complexity index is 556. The molecule has 0 radical (unpaired) electrons. The van der Waals surface area contributed by atoms with Crippen LogP contribution in [0.25, 0.3) is 5.69 Å². The van der Waals surface area contributed by atoms with E-state index < -0.39 is 0 Å². The summed E-state index contributed by atoms with van der Waals surface area (Å²) in [6, 6.07) is 4.14. The maximum atomic E-state index is 12.0. The number of carbonyl (C=O) groups is 1. The Morgan fingerprint density at radius 2 is 2.10 bits per heavy atom. The monoisotopic (exact) mass is 274 g/mol. The minimum Gasteiger partial charge on any atom is -0.381 e. The van der Waals surface area contributed by atoms with E-state index >= 15 is 0 Å². The van der Waals surface area contributed by atoms with Gasteiger partial charge >= 0.3 is 0 Å². The second kappa shape index (κ2) is 5.92. The first-order valence-corrected chi connectivity index (χ1v) is 6.84. The molecule has 6 nitrogen and oxygen atoms in total. The van der Waals surface area contributed by atoms with Gasteiger partial charge in [-0.25, -0.2) is 0 Å². The summed E-state index contributed by atoms with van der Waals surface area (Å²) in [5.74, 6) is -0.000874. The summed E-state index contributed by atoms with van der Waals surface area (Å²) in [5.41, 5.74) is 0.953. The first-order valence-electron chi connectivity index (χ1n) is 6.84. The van der Waals surface area contributed by atoms with Gasteiger partial charge in [-0.05, 0) is 25.0 Å². The zero-order chi connectivity index (χ0) is 13.8. The molecule has 3 rings (SSSR count). The molecule has 1 aliphatic heterocycles. The van der Waals surface area contributed by atoms with Crippen LogP contribution < -0.4 is 5.32 Å². The molecule has 1 amide bonds. The summed E-state index contributed by atoms with van der Waals surface area (Å²) < 4.78 is 8.89. The largest absolute Gasteiger partial charge is 0.381 e. The van der Waals surface area contributed by atoms with Crippen molar-refractivity contribution in [2.45, 2.75) is 25.4 Å². The highest BCUT2D eigenvalue weighted by atomic mass is 16.5. The predicted molar refractivity (Wildman–Crippen MR) is 73.5 cm³/mol. The summed E-state index contributed by atoms with van der Waals surface area (Å²) in [5, 5.41) is 7.24. The molecule has 0 atom stereocenters. The molecule has 0 bridgehead atoms. The van der Waals surface area contributed by atoms with E-state index in [1.807, 2.05) is 35.3 Å². The lowest BCUT2D eigenvalue weighted by atomic mass is 10.1. The first-order chi connectivity index (χ1) is 9.81. The molecule has 1 saturated heterocycles. The van der Waals surface area contributed by atoms with E-state index in [0.29, 0.717) is 0 Å². The molecule has 3 heterocycles. The number of hydrogen-bond donors (Lipinski definition) is 1. The first kappa shape index (κ1) is 12.9. The number of carbonyl (C=O) groups excluding carboxylic acids is 1. The zero-order valence-electron chi connectivity index (χ0n) is 11.2. The molecular weight excluding hydrogens is 256 g/mol. The Balaban J connectivity index is 1.56. The molecule has 0 spiro atoms. The van der Waals surface area contributed by atoms with Crippen LogP contribution in [0.15, 0.2) is 36.9 Å². The third kappa shape index (κ3) is 3.08. The van der Waals surface area contributed by atoms with Crippen molar-refractivity contribution in [2.24, 2.45) is 0 Å². The predicted octanol–water partition coefficient (Wildman–Crippen LogP) is 0.969. The van der Waals surface area contributed by atoms with E-state index in [-0.39, 0.29) is 18.5 Å². The molecule has 0 aliphatic carbocycles. The van der Waals surface area contributed by atoms with Crippen molar-refractivity contribution in [1.82, 2.24) is 19.7 Å². The molecule has 20 heavy (non-hydrogen) atoms. The molecule has 1 fully saturated rings. The van der Waals surface area contributed by atoms with E-state index in [9.17, 15) is 4.79 Å². The number of hydrogen-bond acceptors (Lipinski definition) is 3. The van der Waals surface area contributed by atoms with Crippen LogP contribution in [-0.2, 0) is 16.1 Å². The molecule has 0 saturated carbocycles. The summed E-state index contributed by atoms with van der Waals surface area (Å²) in [4.78, 5) is 12.0. The molecular formula is C14H18N4O2. The molecule has 0 aromatic carbocycles. The summed E-state index contributed by atoms with van der Waals surface area (Å²) in [7, 11) is 0. The Labute approximate surface area is 117 Å². The number of nitrogens with zero attached hydrogens (tertiary/aromatic N) is 3. The van der Waals surface area contributed by atoms with Gasteiger partial charge in [-0.2, -0.15) is 5.10 Å². The minimum absolute atomic E-state index is 0.000874. The van der Waals surface area contributed by atoms with Gasteiger partial charge in [0.25, 0.3) is 0 Å². The Morgan fingerprint density at radius 3 is 2.85 bits per heavy atom. The fourth-order valence-electron chi connectivity index (χ4n) is 2.34. The Kier molecular flexibility index (Phi) is 3.83. The average molecular weight is 274 g/mol. The van der Waals surface area contributed by atoms with Crippen molar-refractivity contribution in [3.8, 4) is 5.69 Å². The highest BCUT2D eigenvalue weighted by molar-refractivity contribution is 5.76. The van der Waals surface area contributed by atoms with Crippen molar-refractivity contribution in [1.29, 1.82) is 0 Å². The Hall–Kier alpha value is -2.08. The van der Waals surface area contributed by atoms with Crippen molar-refractivity contribution < 1.29 is 9.53 Å². The Morgan fingerprint density at radius 1 is 1.35 bits per heavy atom. The third-order valence-electron chi connectivity index (χ3n) is 3.41. The van der Waals surface area contributed by atoms with Gasteiger partial charge in [-0.1, -0.05) is 0 Å². The summed E-state index contributed by atoms with van der Waals surface area (Å²) >= 11 is 0. The second-order valence-corrected chi connectivity index (χ2v) is 4.94. The fourth-order valence-corrected chi connectivity index (χ4v) is 2.34. The van der Waals surface area contributed by atoms with Crippen LogP contribution in [0.5, 0.6) is 0 Å². The van der Waals surface area contributed by atoms with Gasteiger partial charge in [-0.3, -0.25) is 9.48 Å². The number of amides is 1. The number of aromatic nitrogens is 3. The number of rotatable bonds is 4. The van der Waals surface area contributed by atoms with Crippen LogP contribution in [0, 0.1) is 0 Å². The van der Waals surface area contributed by atoms with Gasteiger partial charge in [0.05, 0.1) is 11.9 Å². The third-order valence-corrected chi connectivity index (χ3v) is 3.41. The van der Waals surface area contributed by atoms with Crippen molar-refractivity contribution >= 4 is 5.91 Å². The van der Waals surface area contributed by atoms with E-state index in [2.05, 4.69) is 10.4 Å². The smallest absolute Gasteiger partial charge is 0.241 e. The quantitative estimate of drug-likeness (QED) is 0.903. The van der Waals surface area contributed by atoms with Gasteiger partial charge in [0.15, 0.2) is 0 Å². The lowest BCUT2D eigenvalue weighted by Gasteiger charge is -2.23. The van der Waals surface area contributed by atoms with Crippen LogP contribution in [0.2, 0.25) is 0 Å². The molecule has 2 aromatic rings. The van der Waals surface area contributed by atoms with Crippen LogP contribution in [0.1, 0.15) is 12.8 Å². The van der Waals surface area contributed by atoms with Crippen molar-refractivity contribution in [2.75, 3.05) is 13.2 Å². The van der Waals surface area contributed by atoms with Gasteiger partial charge in [0, 0.05) is 37.8 Å². The molecule has 0 unspecified atom stereocenters. The minimum atomic E-state index is -0.000874. The average Bonchev–Trinajstić information content (AvgIpc) is 3.10. The number of ether oxygens (including phenoxy) is 1. The van der Waals surface area contributed by atoms with Gasteiger partial charge in [0.2, 0.25) is 5.91 Å². The number of nitrogens with one attached hydrogen (secondary N) is 1. The topological polar surface area (TPSA) is 61.1 Å². The van der Waals surface area contributed by atoms with Gasteiger partial charge < -0.3 is 14.6 Å². The maximum Gasteiger partial charge on any atom is 0.241 e. The SMILES string of the molecule is O=C(Cn1cc(-n2cccc2)cn1)NC1CCOCC1. The highest BCUT2D eigenvalue weighted by Crippen LogP contribution is 2.08. The van der Waals surface area contributed by atoms with Crippen LogP contribution in [0.3, 0.4) is 0 Å². The van der Waals surface area contributed by atoms with Gasteiger partial charge in [-0.15, -0.1) is 0 Å². The van der Waals surface area contributed by atoms with E-state index in [4.69, 9.17) is 4.74 Å². The van der Waals surface area contributed by atoms with Crippen molar-refractivity contribution in [3.63, 3.8) is 0 Å². The highest BCUT2D eigenvalue weighted by Gasteiger charge is 2.16. The maximum absolute atomic E-state index is 12.0. The molecule has 1 N–H and O–H groups in total. The van der Waals surface area contributed by atoms with Crippen LogP contribution >= 0.6 is 0 Å². The molecule has 1 aliphatic rings. The van der Waals surface area contributed by atoms with E-state index in [0.717, 1.165) is 31.7 Å².